The van der Waals surface area contributed by atoms with Crippen molar-refractivity contribution in [3.8, 4) is 11.4 Å². The second-order valence-corrected chi connectivity index (χ2v) is 7.79. The number of aromatic nitrogens is 3. The van der Waals surface area contributed by atoms with Gasteiger partial charge in [0.2, 0.25) is 0 Å². The molecule has 0 unspecified atom stereocenters. The first-order chi connectivity index (χ1) is 16.2. The van der Waals surface area contributed by atoms with Crippen molar-refractivity contribution in [2.45, 2.75) is 12.1 Å². The predicted molar refractivity (Wildman–Crippen MR) is 129 cm³/mol. The van der Waals surface area contributed by atoms with Gasteiger partial charge in [-0.1, -0.05) is 30.0 Å². The summed E-state index contributed by atoms with van der Waals surface area (Å²) in [6.45, 7) is 2.46. The number of fused-ring (bicyclic) bond motifs is 1. The van der Waals surface area contributed by atoms with E-state index in [1.165, 1.54) is 10.8 Å². The van der Waals surface area contributed by atoms with Crippen molar-refractivity contribution >= 4 is 34.8 Å². The molecule has 0 atom stereocenters. The monoisotopic (exact) mass is 459 g/mol. The van der Waals surface area contributed by atoms with Gasteiger partial charge in [0.15, 0.2) is 5.16 Å². The normalized spacial score (nSPS) is 11.1. The Bertz CT molecular complexity index is 1340. The van der Waals surface area contributed by atoms with E-state index in [1.807, 2.05) is 19.1 Å². The summed E-state index contributed by atoms with van der Waals surface area (Å²) in [5.74, 6) is 0.426. The van der Waals surface area contributed by atoms with Crippen LogP contribution in [0.1, 0.15) is 12.5 Å². The van der Waals surface area contributed by atoms with E-state index in [0.717, 1.165) is 17.3 Å². The number of ether oxygens (including phenoxy) is 1. The molecular weight excluding hydrogens is 438 g/mol. The van der Waals surface area contributed by atoms with Gasteiger partial charge < -0.3 is 4.74 Å². The van der Waals surface area contributed by atoms with Crippen LogP contribution in [0, 0.1) is 0 Å². The van der Waals surface area contributed by atoms with E-state index >= 15 is 0 Å². The molecule has 33 heavy (non-hydrogen) atoms. The maximum atomic E-state index is 13.3. The number of amides is 1. The van der Waals surface area contributed by atoms with Crippen LogP contribution in [0.3, 0.4) is 0 Å². The third-order valence-electron chi connectivity index (χ3n) is 4.57. The van der Waals surface area contributed by atoms with Crippen molar-refractivity contribution in [2.75, 3.05) is 12.4 Å². The van der Waals surface area contributed by atoms with E-state index in [9.17, 15) is 9.59 Å². The zero-order valence-electron chi connectivity index (χ0n) is 17.8. The molecule has 1 amide bonds. The maximum absolute atomic E-state index is 13.3. The number of carbonyl (C=O) groups excluding carboxylic acids is 1. The van der Waals surface area contributed by atoms with Crippen molar-refractivity contribution < 1.29 is 9.53 Å². The number of hydrazone groups is 1. The highest BCUT2D eigenvalue weighted by Crippen LogP contribution is 2.22. The van der Waals surface area contributed by atoms with Gasteiger partial charge in [0.05, 0.1) is 35.2 Å². The van der Waals surface area contributed by atoms with E-state index in [2.05, 4.69) is 20.5 Å². The Morgan fingerprint density at radius 1 is 1.15 bits per heavy atom. The van der Waals surface area contributed by atoms with Gasteiger partial charge in [-0.25, -0.2) is 10.4 Å². The molecule has 0 spiro atoms. The minimum atomic E-state index is -0.319. The summed E-state index contributed by atoms with van der Waals surface area (Å²) in [5, 5.41) is 4.86. The summed E-state index contributed by atoms with van der Waals surface area (Å²) in [4.78, 5) is 34.2. The lowest BCUT2D eigenvalue weighted by Gasteiger charge is -2.13. The topological polar surface area (TPSA) is 98.5 Å². The Balaban J connectivity index is 1.58. The van der Waals surface area contributed by atoms with Crippen molar-refractivity contribution in [2.24, 2.45) is 5.10 Å². The van der Waals surface area contributed by atoms with Crippen molar-refractivity contribution in [1.29, 1.82) is 0 Å². The van der Waals surface area contributed by atoms with E-state index < -0.39 is 0 Å². The highest BCUT2D eigenvalue weighted by molar-refractivity contribution is 7.99. The molecule has 0 saturated heterocycles. The second-order valence-electron chi connectivity index (χ2n) is 6.85. The molecular formula is C24H21N5O3S. The number of carbonyl (C=O) groups is 1. The molecule has 0 aliphatic rings. The lowest BCUT2D eigenvalue weighted by molar-refractivity contribution is -0.118. The van der Waals surface area contributed by atoms with Crippen LogP contribution in [0.25, 0.3) is 16.6 Å². The molecule has 9 heteroatoms. The molecule has 4 aromatic rings. The second kappa shape index (κ2) is 10.6. The molecule has 0 fully saturated rings. The SMILES string of the molecule is CCOc1ccc(-n2c(SCC(=O)NN=Cc3cccnc3)nc3ccccc3c2=O)cc1. The molecule has 0 bridgehead atoms. The quantitative estimate of drug-likeness (QED) is 0.188. The first kappa shape index (κ1) is 22.2. The third-order valence-corrected chi connectivity index (χ3v) is 5.51. The van der Waals surface area contributed by atoms with Gasteiger partial charge in [0.25, 0.3) is 11.5 Å². The molecule has 166 valence electrons. The Labute approximate surface area is 194 Å². The summed E-state index contributed by atoms with van der Waals surface area (Å²) in [5.41, 5.74) is 4.26. The van der Waals surface area contributed by atoms with Crippen LogP contribution >= 0.6 is 11.8 Å². The van der Waals surface area contributed by atoms with Gasteiger partial charge in [-0.3, -0.25) is 19.1 Å². The maximum Gasteiger partial charge on any atom is 0.266 e. The predicted octanol–water partition coefficient (Wildman–Crippen LogP) is 3.42. The summed E-state index contributed by atoms with van der Waals surface area (Å²) < 4.78 is 7.01. The van der Waals surface area contributed by atoms with Gasteiger partial charge in [-0.05, 0) is 49.4 Å². The van der Waals surface area contributed by atoms with E-state index in [4.69, 9.17) is 4.74 Å². The number of nitrogens with one attached hydrogen (secondary N) is 1. The van der Waals surface area contributed by atoms with Crippen LogP contribution in [0.15, 0.2) is 88.1 Å². The number of nitrogens with zero attached hydrogens (tertiary/aromatic N) is 4. The fourth-order valence-electron chi connectivity index (χ4n) is 3.09. The standard InChI is InChI=1S/C24H21N5O3S/c1-2-32-19-11-9-18(10-12-19)29-23(31)20-7-3-4-8-21(20)27-24(29)33-16-22(30)28-26-15-17-6-5-13-25-14-17/h3-15H,2,16H2,1H3,(H,28,30). The molecule has 0 aliphatic carbocycles. The molecule has 2 heterocycles. The Kier molecular flexibility index (Phi) is 7.11. The lowest BCUT2D eigenvalue weighted by Crippen LogP contribution is -2.24. The molecule has 0 saturated carbocycles. The number of benzene rings is 2. The first-order valence-electron chi connectivity index (χ1n) is 10.3. The zero-order chi connectivity index (χ0) is 23.0. The molecule has 0 radical (unpaired) electrons. The Hall–Kier alpha value is -3.98. The smallest absolute Gasteiger partial charge is 0.266 e. The number of hydrogen-bond donors (Lipinski definition) is 1. The summed E-state index contributed by atoms with van der Waals surface area (Å²) in [7, 11) is 0. The number of para-hydroxylation sites is 1. The van der Waals surface area contributed by atoms with Crippen LogP contribution in [0.2, 0.25) is 0 Å². The lowest BCUT2D eigenvalue weighted by atomic mass is 10.2. The summed E-state index contributed by atoms with van der Waals surface area (Å²) in [6.07, 6.45) is 4.81. The Morgan fingerprint density at radius 3 is 2.73 bits per heavy atom. The number of thioether (sulfide) groups is 1. The number of hydrogen-bond acceptors (Lipinski definition) is 7. The zero-order valence-corrected chi connectivity index (χ0v) is 18.7. The molecule has 2 aromatic heterocycles. The van der Waals surface area contributed by atoms with Crippen molar-refractivity contribution in [3.63, 3.8) is 0 Å². The Morgan fingerprint density at radius 2 is 1.97 bits per heavy atom. The molecule has 4 rings (SSSR count). The van der Waals surface area contributed by atoms with Gasteiger partial charge in [0.1, 0.15) is 5.75 Å². The van der Waals surface area contributed by atoms with Crippen molar-refractivity contribution in [3.05, 3.63) is 89.0 Å². The van der Waals surface area contributed by atoms with Crippen LogP contribution in [-0.4, -0.2) is 39.0 Å². The summed E-state index contributed by atoms with van der Waals surface area (Å²) >= 11 is 1.16. The van der Waals surface area contributed by atoms with Crippen LogP contribution in [0.4, 0.5) is 0 Å². The van der Waals surface area contributed by atoms with Gasteiger partial charge in [0, 0.05) is 18.0 Å². The van der Waals surface area contributed by atoms with Gasteiger partial charge in [-0.15, -0.1) is 0 Å². The molecule has 0 aliphatic heterocycles. The van der Waals surface area contributed by atoms with Gasteiger partial charge >= 0.3 is 0 Å². The third kappa shape index (κ3) is 5.45. The van der Waals surface area contributed by atoms with E-state index in [1.54, 1.807) is 60.9 Å². The molecule has 1 N–H and O–H groups in total. The van der Waals surface area contributed by atoms with E-state index in [0.29, 0.717) is 34.1 Å². The highest BCUT2D eigenvalue weighted by atomic mass is 32.2. The summed E-state index contributed by atoms with van der Waals surface area (Å²) in [6, 6.07) is 17.9. The molecule has 2 aromatic carbocycles. The average Bonchev–Trinajstić information content (AvgIpc) is 2.84. The van der Waals surface area contributed by atoms with Crippen LogP contribution in [-0.2, 0) is 4.79 Å². The molecule has 8 nitrogen and oxygen atoms in total. The highest BCUT2D eigenvalue weighted by Gasteiger charge is 2.15. The first-order valence-corrected chi connectivity index (χ1v) is 11.2. The minimum absolute atomic E-state index is 0.0339. The van der Waals surface area contributed by atoms with E-state index in [-0.39, 0.29) is 17.2 Å². The largest absolute Gasteiger partial charge is 0.494 e. The van der Waals surface area contributed by atoms with Crippen LogP contribution < -0.4 is 15.7 Å². The fourth-order valence-corrected chi connectivity index (χ4v) is 3.89. The van der Waals surface area contributed by atoms with Gasteiger partial charge in [-0.2, -0.15) is 5.10 Å². The number of rotatable bonds is 8. The van der Waals surface area contributed by atoms with Crippen LogP contribution in [0.5, 0.6) is 5.75 Å². The average molecular weight is 460 g/mol. The van der Waals surface area contributed by atoms with Crippen molar-refractivity contribution in [1.82, 2.24) is 20.0 Å². The number of pyridine rings is 1. The fraction of sp³-hybridized carbons (Fsp3) is 0.125. The minimum Gasteiger partial charge on any atom is -0.494 e.